The lowest BCUT2D eigenvalue weighted by Gasteiger charge is -2.34. The Morgan fingerprint density at radius 3 is 1.59 bits per heavy atom. The Hall–Kier alpha value is -7.99. The van der Waals surface area contributed by atoms with E-state index in [1.165, 1.54) is 34.8 Å². The molecule has 4 N–H and O–H groups in total. The third-order valence-electron chi connectivity index (χ3n) is 15.0. The standard InChI is InChI=1S/C33H34F3N7O2S.C25H19F2N5O2S/c1-2-41-9-11-42(12-10-41)17-20-13-25(33(34,35)36)16-26(14-20)37-32(45)43-18-23-6-5-22(15-24(23)19-43)27-7-8-28-30(38-27)46-31(39-28)40-29(44)21-3-4-21;26-17-5-6-20(18(27)10-17)30-25(34)32-11-15-4-3-14(9-16(15)12-32)19-7-8-21-23(28-19)35-24(29-21)31-22(33)13-1-2-13/h5-8,13-16,21H,2-4,9-12,17-19H2,1H3,(H,37,45)(H,39,40,44);3-10,13H,1-2,11-12H2,(H,30,34)(H,29,31,33). The van der Waals surface area contributed by atoms with Gasteiger partial charge in [-0.05, 0) is 127 Å². The zero-order valence-corrected chi connectivity index (χ0v) is 45.3. The van der Waals surface area contributed by atoms with Crippen LogP contribution in [0.15, 0.2) is 97.1 Å². The Balaban J connectivity index is 0.000000167. The highest BCUT2D eigenvalue weighted by Gasteiger charge is 2.34. The number of piperazine rings is 1. The van der Waals surface area contributed by atoms with Crippen LogP contribution in [0.25, 0.3) is 43.2 Å². The number of thiazole rings is 2. The number of hydrogen-bond acceptors (Lipinski definition) is 12. The van der Waals surface area contributed by atoms with Gasteiger partial charge in [-0.25, -0.2) is 38.3 Å². The number of halogens is 5. The number of carbonyl (C=O) groups is 4. The average Bonchev–Trinajstić information content (AvgIpc) is 4.39. The van der Waals surface area contributed by atoms with Crippen molar-refractivity contribution in [2.45, 2.75) is 71.5 Å². The van der Waals surface area contributed by atoms with Crippen molar-refractivity contribution in [2.24, 2.45) is 11.8 Å². The van der Waals surface area contributed by atoms with Crippen LogP contribution in [-0.4, -0.2) is 96.1 Å². The molecular formula is C58H53F5N12O4S2. The van der Waals surface area contributed by atoms with Gasteiger partial charge in [-0.15, -0.1) is 0 Å². The Labute approximate surface area is 469 Å². The fraction of sp³-hybridized carbons (Fsp3) is 0.310. The van der Waals surface area contributed by atoms with Crippen LogP contribution >= 0.6 is 22.7 Å². The van der Waals surface area contributed by atoms with Crippen LogP contribution in [-0.2, 0) is 48.5 Å². The van der Waals surface area contributed by atoms with Gasteiger partial charge in [0.15, 0.2) is 10.3 Å². The van der Waals surface area contributed by atoms with Crippen LogP contribution in [0.5, 0.6) is 0 Å². The molecule has 81 heavy (non-hydrogen) atoms. The minimum atomic E-state index is -4.53. The summed E-state index contributed by atoms with van der Waals surface area (Å²) in [5.41, 5.74) is 8.42. The third kappa shape index (κ3) is 12.4. The predicted molar refractivity (Wildman–Crippen MR) is 300 cm³/mol. The Morgan fingerprint density at radius 1 is 0.568 bits per heavy atom. The maximum atomic E-state index is 13.9. The molecule has 5 aliphatic rings. The first-order chi connectivity index (χ1) is 39.0. The van der Waals surface area contributed by atoms with Gasteiger partial charge in [0.25, 0.3) is 0 Å². The molecule has 4 aromatic heterocycles. The van der Waals surface area contributed by atoms with Crippen molar-refractivity contribution in [2.75, 3.05) is 54.0 Å². The van der Waals surface area contributed by atoms with Gasteiger partial charge in [0.05, 0.1) is 22.6 Å². The first-order valence-corrected chi connectivity index (χ1v) is 28.3. The number of anilines is 4. The largest absolute Gasteiger partial charge is 0.416 e. The number of nitrogens with one attached hydrogen (secondary N) is 4. The van der Waals surface area contributed by atoms with Crippen molar-refractivity contribution >= 4 is 88.9 Å². The first-order valence-electron chi connectivity index (χ1n) is 26.7. The van der Waals surface area contributed by atoms with E-state index in [4.69, 9.17) is 9.97 Å². The number of urea groups is 2. The lowest BCUT2D eigenvalue weighted by molar-refractivity contribution is -0.137. The van der Waals surface area contributed by atoms with Crippen molar-refractivity contribution in [3.63, 3.8) is 0 Å². The van der Waals surface area contributed by atoms with Gasteiger partial charge in [-0.3, -0.25) is 14.5 Å². The van der Waals surface area contributed by atoms with E-state index >= 15 is 0 Å². The number of fused-ring (bicyclic) bond motifs is 4. The minimum absolute atomic E-state index is 0.000964. The first kappa shape index (κ1) is 53.6. The molecule has 2 saturated carbocycles. The van der Waals surface area contributed by atoms with E-state index in [0.717, 1.165) is 132 Å². The number of benzene rings is 4. The molecule has 3 aliphatic heterocycles. The molecule has 23 heteroatoms. The Bertz CT molecular complexity index is 3780. The quantitative estimate of drug-likeness (QED) is 0.0910. The van der Waals surface area contributed by atoms with Crippen LogP contribution in [0.1, 0.15) is 66.0 Å². The molecule has 1 saturated heterocycles. The fourth-order valence-electron chi connectivity index (χ4n) is 10.1. The number of amides is 6. The van der Waals surface area contributed by atoms with Gasteiger partial charge in [-0.1, -0.05) is 53.9 Å². The molecule has 416 valence electrons. The van der Waals surface area contributed by atoms with Crippen molar-refractivity contribution in [3.8, 4) is 22.5 Å². The smallest absolute Gasteiger partial charge is 0.316 e. The van der Waals surface area contributed by atoms with Gasteiger partial charge in [0.2, 0.25) is 11.8 Å². The highest BCUT2D eigenvalue weighted by atomic mass is 32.1. The maximum Gasteiger partial charge on any atom is 0.416 e. The molecule has 8 aromatic rings. The topological polar surface area (TPSA) is 181 Å². The summed E-state index contributed by atoms with van der Waals surface area (Å²) < 4.78 is 68.5. The fourth-order valence-corrected chi connectivity index (χ4v) is 11.8. The second kappa shape index (κ2) is 22.2. The van der Waals surface area contributed by atoms with Crippen molar-refractivity contribution in [3.05, 3.63) is 142 Å². The summed E-state index contributed by atoms with van der Waals surface area (Å²) in [6.07, 6.45) is -0.835. The van der Waals surface area contributed by atoms with E-state index < -0.39 is 35.4 Å². The molecule has 0 spiro atoms. The molecule has 4 aromatic carbocycles. The SMILES string of the molecule is CCN1CCN(Cc2cc(NC(=O)N3Cc4ccc(-c5ccc6nc(NC(=O)C7CC7)sc6n5)cc4C3)cc(C(F)(F)F)c2)CC1.O=C(Nc1nc2ccc(-c3ccc4c(c3)CN(C(=O)Nc3ccc(F)cc3F)C4)nc2s1)C1CC1. The lowest BCUT2D eigenvalue weighted by Crippen LogP contribution is -2.45. The van der Waals surface area contributed by atoms with Crippen molar-refractivity contribution < 1.29 is 41.1 Å². The Morgan fingerprint density at radius 2 is 1.09 bits per heavy atom. The summed E-state index contributed by atoms with van der Waals surface area (Å²) in [6.45, 7) is 8.19. The molecule has 16 nitrogen and oxygen atoms in total. The van der Waals surface area contributed by atoms with Crippen LogP contribution < -0.4 is 21.3 Å². The Kier molecular flexibility index (Phi) is 14.7. The highest BCUT2D eigenvalue weighted by molar-refractivity contribution is 7.22. The molecule has 6 amide bonds. The number of hydrogen-bond donors (Lipinski definition) is 4. The van der Waals surface area contributed by atoms with Gasteiger partial charge < -0.3 is 36.0 Å². The summed E-state index contributed by atoms with van der Waals surface area (Å²) >= 11 is 2.68. The van der Waals surface area contributed by atoms with Crippen molar-refractivity contribution in [1.82, 2.24) is 39.5 Å². The van der Waals surface area contributed by atoms with E-state index in [-0.39, 0.29) is 35.0 Å². The summed E-state index contributed by atoms with van der Waals surface area (Å²) in [7, 11) is 0. The van der Waals surface area contributed by atoms with Crippen LogP contribution in [0.4, 0.5) is 53.2 Å². The van der Waals surface area contributed by atoms with Gasteiger partial charge in [0, 0.05) is 93.6 Å². The summed E-state index contributed by atoms with van der Waals surface area (Å²) in [5.74, 6) is -1.32. The molecule has 13 rings (SSSR count). The molecule has 7 heterocycles. The number of rotatable bonds is 11. The molecule has 0 atom stereocenters. The number of alkyl halides is 3. The van der Waals surface area contributed by atoms with E-state index in [9.17, 15) is 41.1 Å². The maximum absolute atomic E-state index is 13.9. The van der Waals surface area contributed by atoms with Crippen LogP contribution in [0.2, 0.25) is 0 Å². The number of pyridine rings is 2. The minimum Gasteiger partial charge on any atom is -0.316 e. The van der Waals surface area contributed by atoms with E-state index in [1.54, 1.807) is 15.9 Å². The molecule has 0 radical (unpaired) electrons. The summed E-state index contributed by atoms with van der Waals surface area (Å²) in [5, 5.41) is 12.1. The van der Waals surface area contributed by atoms with Gasteiger partial charge in [0.1, 0.15) is 32.3 Å². The molecular weight excluding hydrogens is 1090 g/mol. The monoisotopic (exact) mass is 1140 g/mol. The van der Waals surface area contributed by atoms with Crippen LogP contribution in [0, 0.1) is 23.5 Å². The second-order valence-corrected chi connectivity index (χ2v) is 22.9. The van der Waals surface area contributed by atoms with E-state index in [2.05, 4.69) is 48.0 Å². The predicted octanol–water partition coefficient (Wildman–Crippen LogP) is 11.9. The summed E-state index contributed by atoms with van der Waals surface area (Å²) in [6, 6.07) is 25.3. The zero-order valence-electron chi connectivity index (χ0n) is 43.7. The number of nitrogens with zero attached hydrogens (tertiary/aromatic N) is 8. The van der Waals surface area contributed by atoms with Gasteiger partial charge in [-0.2, -0.15) is 13.2 Å². The number of aromatic nitrogens is 4. The zero-order chi connectivity index (χ0) is 56.1. The average molecular weight is 1140 g/mol. The normalized spacial score (nSPS) is 16.2. The molecule has 0 bridgehead atoms. The number of likely N-dealkylation sites (N-methyl/N-ethyl adjacent to an activating group) is 1. The summed E-state index contributed by atoms with van der Waals surface area (Å²) in [4.78, 5) is 77.6. The third-order valence-corrected chi connectivity index (χ3v) is 16.7. The molecule has 0 unspecified atom stereocenters. The van der Waals surface area contributed by atoms with E-state index in [0.29, 0.717) is 58.9 Å². The highest BCUT2D eigenvalue weighted by Crippen LogP contribution is 2.37. The molecule has 3 fully saturated rings. The van der Waals surface area contributed by atoms with Crippen molar-refractivity contribution in [1.29, 1.82) is 0 Å². The van der Waals surface area contributed by atoms with Crippen LogP contribution in [0.3, 0.4) is 0 Å². The second-order valence-electron chi connectivity index (χ2n) is 20.9. The lowest BCUT2D eigenvalue weighted by atomic mass is 10.0. The van der Waals surface area contributed by atoms with Gasteiger partial charge >= 0.3 is 18.2 Å². The van der Waals surface area contributed by atoms with E-state index in [1.807, 2.05) is 60.7 Å². The molecule has 2 aliphatic carbocycles. The number of carbonyl (C=O) groups excluding carboxylic acids is 4.